The minimum atomic E-state index is -4.07. The van der Waals surface area contributed by atoms with E-state index in [0.717, 1.165) is 18.3 Å². The van der Waals surface area contributed by atoms with Gasteiger partial charge in [-0.1, -0.05) is 0 Å². The molecule has 0 aliphatic rings. The van der Waals surface area contributed by atoms with Crippen molar-refractivity contribution in [2.45, 2.75) is 10.2 Å². The molecule has 0 amide bonds. The van der Waals surface area contributed by atoms with E-state index in [2.05, 4.69) is 15.3 Å². The number of carboxylic acid groups (broad SMARTS) is 1. The summed E-state index contributed by atoms with van der Waals surface area (Å²) in [6.45, 7) is 0. The monoisotopic (exact) mass is 432 g/mol. The first-order valence-corrected chi connectivity index (χ1v) is 8.95. The second-order valence-electron chi connectivity index (χ2n) is 5.67. The number of halogens is 3. The number of thioether (sulfide) groups is 1. The van der Waals surface area contributed by atoms with Crippen LogP contribution in [0.3, 0.4) is 0 Å². The molecule has 0 spiro atoms. The fraction of sp³-hybridized carbons (Fsp3) is 0.0526. The Balaban J connectivity index is 1.94. The molecular formula is C19H11F3N4O3S. The highest BCUT2D eigenvalue weighted by molar-refractivity contribution is 8.01. The lowest BCUT2D eigenvalue weighted by atomic mass is 10.3. The van der Waals surface area contributed by atoms with E-state index in [-0.39, 0.29) is 34.0 Å². The summed E-state index contributed by atoms with van der Waals surface area (Å²) in [4.78, 5) is 18.6. The van der Waals surface area contributed by atoms with Gasteiger partial charge in [0.1, 0.15) is 23.5 Å². The maximum Gasteiger partial charge on any atom is 0.393 e. The predicted molar refractivity (Wildman–Crippen MR) is 101 cm³/mol. The van der Waals surface area contributed by atoms with Crippen molar-refractivity contribution < 1.29 is 27.8 Å². The largest absolute Gasteiger partial charge is 0.476 e. The lowest BCUT2D eigenvalue weighted by Gasteiger charge is -2.15. The van der Waals surface area contributed by atoms with Crippen LogP contribution in [0.25, 0.3) is 0 Å². The van der Waals surface area contributed by atoms with E-state index in [1.165, 1.54) is 36.5 Å². The lowest BCUT2D eigenvalue weighted by molar-refractivity contribution is -0.152. The Labute approximate surface area is 172 Å². The van der Waals surface area contributed by atoms with Crippen LogP contribution in [0.5, 0.6) is 11.5 Å². The van der Waals surface area contributed by atoms with Gasteiger partial charge >= 0.3 is 11.2 Å². The molecule has 0 bridgehead atoms. The van der Waals surface area contributed by atoms with Gasteiger partial charge in [-0.05, 0) is 48.2 Å². The highest BCUT2D eigenvalue weighted by atomic mass is 32.2. The molecule has 0 fully saturated rings. The van der Waals surface area contributed by atoms with E-state index in [9.17, 15) is 18.0 Å². The van der Waals surface area contributed by atoms with Gasteiger partial charge in [-0.2, -0.15) is 14.0 Å². The van der Waals surface area contributed by atoms with Crippen molar-refractivity contribution >= 4 is 29.4 Å². The van der Waals surface area contributed by atoms with Crippen molar-refractivity contribution in [3.63, 3.8) is 0 Å². The summed E-state index contributed by atoms with van der Waals surface area (Å²) < 4.78 is 45.9. The summed E-state index contributed by atoms with van der Waals surface area (Å²) in [5, 5.41) is 16.2. The molecule has 0 saturated carbocycles. The van der Waals surface area contributed by atoms with Gasteiger partial charge in [0.15, 0.2) is 11.6 Å². The van der Waals surface area contributed by atoms with Crippen LogP contribution in [0, 0.1) is 17.1 Å². The molecule has 152 valence electrons. The molecule has 3 aromatic rings. The van der Waals surface area contributed by atoms with E-state index < -0.39 is 17.0 Å². The number of hydrogen-bond acceptors (Lipinski definition) is 7. The number of nitrogens with one attached hydrogen (secondary N) is 1. The highest BCUT2D eigenvalue weighted by Crippen LogP contribution is 2.39. The van der Waals surface area contributed by atoms with Gasteiger partial charge in [0.05, 0.1) is 5.56 Å². The van der Waals surface area contributed by atoms with Crippen molar-refractivity contribution in [1.82, 2.24) is 9.97 Å². The van der Waals surface area contributed by atoms with Crippen LogP contribution < -0.4 is 10.1 Å². The number of nitrogens with zero attached hydrogens (tertiary/aromatic N) is 3. The normalized spacial score (nSPS) is 10.9. The zero-order valence-electron chi connectivity index (χ0n) is 14.8. The maximum atomic E-state index is 13.6. The van der Waals surface area contributed by atoms with Crippen molar-refractivity contribution in [2.75, 3.05) is 5.32 Å². The minimum absolute atomic E-state index is 0.0287. The first-order valence-electron chi connectivity index (χ1n) is 8.14. The summed E-state index contributed by atoms with van der Waals surface area (Å²) in [5.74, 6) is -2.25. The van der Waals surface area contributed by atoms with Gasteiger partial charge in [-0.3, -0.25) is 0 Å². The van der Waals surface area contributed by atoms with Crippen LogP contribution in [0.2, 0.25) is 0 Å². The molecule has 3 rings (SSSR count). The van der Waals surface area contributed by atoms with Gasteiger partial charge < -0.3 is 15.2 Å². The second-order valence-corrected chi connectivity index (χ2v) is 6.85. The highest BCUT2D eigenvalue weighted by Gasteiger charge is 2.40. The first-order chi connectivity index (χ1) is 14.3. The molecule has 2 heterocycles. The zero-order valence-corrected chi connectivity index (χ0v) is 15.7. The van der Waals surface area contributed by atoms with E-state index >= 15 is 0 Å². The molecule has 0 saturated heterocycles. The average Bonchev–Trinajstić information content (AvgIpc) is 2.72. The van der Waals surface area contributed by atoms with Gasteiger partial charge in [0.2, 0.25) is 0 Å². The molecular weight excluding hydrogens is 421 g/mol. The average molecular weight is 432 g/mol. The molecule has 0 atom stereocenters. The van der Waals surface area contributed by atoms with Crippen LogP contribution in [0.1, 0.15) is 5.56 Å². The van der Waals surface area contributed by atoms with Crippen LogP contribution in [0.15, 0.2) is 59.8 Å². The fourth-order valence-corrected chi connectivity index (χ4v) is 2.79. The first kappa shape index (κ1) is 20.9. The van der Waals surface area contributed by atoms with Gasteiger partial charge in [-0.15, -0.1) is 0 Å². The molecule has 0 radical (unpaired) electrons. The SMILES string of the molecule is N#Cc1ccc(Nc2ncc(SC(F)(F)C(=O)O)cc2Oc2ccc(F)cc2)nc1. The predicted octanol–water partition coefficient (Wildman–Crippen LogP) is 4.79. The van der Waals surface area contributed by atoms with E-state index in [0.29, 0.717) is 11.4 Å². The molecule has 0 aliphatic heterocycles. The number of carbonyl (C=O) groups is 1. The van der Waals surface area contributed by atoms with E-state index in [4.69, 9.17) is 15.1 Å². The molecule has 30 heavy (non-hydrogen) atoms. The van der Waals surface area contributed by atoms with Crippen LogP contribution >= 0.6 is 11.8 Å². The summed E-state index contributed by atoms with van der Waals surface area (Å²) in [6.07, 6.45) is 2.37. The maximum absolute atomic E-state index is 13.6. The molecule has 0 aliphatic carbocycles. The third-order valence-corrected chi connectivity index (χ3v) is 4.39. The van der Waals surface area contributed by atoms with Crippen molar-refractivity contribution in [1.29, 1.82) is 5.26 Å². The Bertz CT molecular complexity index is 1100. The molecule has 0 unspecified atom stereocenters. The fourth-order valence-electron chi connectivity index (χ4n) is 2.13. The van der Waals surface area contributed by atoms with Crippen LogP contribution in [0.4, 0.5) is 24.8 Å². The third kappa shape index (κ3) is 5.18. The zero-order chi connectivity index (χ0) is 21.7. The molecule has 1 aromatic carbocycles. The Hall–Kier alpha value is -3.78. The van der Waals surface area contributed by atoms with Crippen LogP contribution in [-0.4, -0.2) is 26.3 Å². The van der Waals surface area contributed by atoms with Gasteiger partial charge in [-0.25, -0.2) is 19.2 Å². The number of aromatic nitrogens is 2. The van der Waals surface area contributed by atoms with E-state index in [1.54, 1.807) is 0 Å². The Morgan fingerprint density at radius 1 is 1.17 bits per heavy atom. The Morgan fingerprint density at radius 3 is 2.50 bits per heavy atom. The van der Waals surface area contributed by atoms with Gasteiger partial charge in [0.25, 0.3) is 0 Å². The topological polar surface area (TPSA) is 108 Å². The van der Waals surface area contributed by atoms with E-state index in [1.807, 2.05) is 6.07 Å². The smallest absolute Gasteiger partial charge is 0.393 e. The molecule has 7 nitrogen and oxygen atoms in total. The Morgan fingerprint density at radius 2 is 1.90 bits per heavy atom. The number of alkyl halides is 2. The lowest BCUT2D eigenvalue weighted by Crippen LogP contribution is -2.23. The van der Waals surface area contributed by atoms with Crippen molar-refractivity contribution in [2.24, 2.45) is 0 Å². The van der Waals surface area contributed by atoms with Crippen molar-refractivity contribution in [3.8, 4) is 17.6 Å². The van der Waals surface area contributed by atoms with Crippen LogP contribution in [-0.2, 0) is 4.79 Å². The molecule has 2 aromatic heterocycles. The number of nitriles is 1. The second kappa shape index (κ2) is 8.71. The quantitative estimate of drug-likeness (QED) is 0.513. The number of rotatable bonds is 7. The molecule has 2 N–H and O–H groups in total. The number of benzene rings is 1. The summed E-state index contributed by atoms with van der Waals surface area (Å²) in [6, 6.07) is 11.0. The number of carboxylic acids is 1. The number of hydrogen-bond donors (Lipinski definition) is 2. The van der Waals surface area contributed by atoms with Crippen molar-refractivity contribution in [3.05, 3.63) is 66.2 Å². The van der Waals surface area contributed by atoms with Gasteiger partial charge in [0, 0.05) is 23.4 Å². The number of pyridine rings is 2. The summed E-state index contributed by atoms with van der Waals surface area (Å²) in [5.41, 5.74) is 0.332. The number of anilines is 2. The number of aliphatic carboxylic acids is 1. The number of ether oxygens (including phenoxy) is 1. The minimum Gasteiger partial charge on any atom is -0.476 e. The standard InChI is InChI=1S/C19H11F3N4O3S/c20-12-2-4-13(5-3-12)29-15-7-14(30-19(21,22)18(27)28)10-25-17(15)26-16-6-1-11(8-23)9-24-16/h1-7,9-10H,(H,27,28)(H,24,25,26). The summed E-state index contributed by atoms with van der Waals surface area (Å²) in [7, 11) is 0. The summed E-state index contributed by atoms with van der Waals surface area (Å²) >= 11 is -0.214. The molecule has 11 heteroatoms. The third-order valence-electron chi connectivity index (χ3n) is 3.50. The Kier molecular flexibility index (Phi) is 6.08.